The summed E-state index contributed by atoms with van der Waals surface area (Å²) in [7, 11) is 0. The van der Waals surface area contributed by atoms with Crippen LogP contribution in [0, 0.1) is 0 Å². The number of ether oxygens (including phenoxy) is 2. The van der Waals surface area contributed by atoms with E-state index in [1.165, 1.54) is 0 Å². The number of carboxylic acids is 1. The molecule has 94 valence electrons. The fourth-order valence-corrected chi connectivity index (χ4v) is 1.38. The summed E-state index contributed by atoms with van der Waals surface area (Å²) in [6, 6.07) is 7.12. The lowest BCUT2D eigenvalue weighted by Crippen LogP contribution is -2.07. The van der Waals surface area contributed by atoms with Gasteiger partial charge in [-0.05, 0) is 24.1 Å². The first-order chi connectivity index (χ1) is 8.22. The molecule has 0 spiro atoms. The van der Waals surface area contributed by atoms with Crippen LogP contribution in [0.3, 0.4) is 0 Å². The van der Waals surface area contributed by atoms with Gasteiger partial charge in [0.25, 0.3) is 0 Å². The molecule has 1 aromatic carbocycles. The molecule has 0 amide bonds. The van der Waals surface area contributed by atoms with E-state index in [9.17, 15) is 4.79 Å². The van der Waals surface area contributed by atoms with E-state index < -0.39 is 5.97 Å². The third-order valence-corrected chi connectivity index (χ3v) is 2.10. The highest BCUT2D eigenvalue weighted by Gasteiger charge is 2.01. The van der Waals surface area contributed by atoms with E-state index in [2.05, 4.69) is 6.92 Å². The summed E-state index contributed by atoms with van der Waals surface area (Å²) in [5, 5.41) is 8.67. The lowest BCUT2D eigenvalue weighted by Gasteiger charge is -2.07. The van der Waals surface area contributed by atoms with Gasteiger partial charge in [0.1, 0.15) is 12.4 Å². The maximum Gasteiger partial charge on any atom is 0.307 e. The van der Waals surface area contributed by atoms with E-state index in [1.54, 1.807) is 18.2 Å². The highest BCUT2D eigenvalue weighted by Crippen LogP contribution is 2.13. The molecule has 0 saturated heterocycles. The summed E-state index contributed by atoms with van der Waals surface area (Å²) in [6.45, 7) is 3.83. The topological polar surface area (TPSA) is 55.8 Å². The summed E-state index contributed by atoms with van der Waals surface area (Å²) < 4.78 is 10.7. The van der Waals surface area contributed by atoms with Crippen molar-refractivity contribution in [2.24, 2.45) is 0 Å². The Bertz CT molecular complexity index is 349. The van der Waals surface area contributed by atoms with Crippen molar-refractivity contribution in [1.82, 2.24) is 0 Å². The normalized spacial score (nSPS) is 10.2. The van der Waals surface area contributed by atoms with E-state index in [-0.39, 0.29) is 6.42 Å². The Morgan fingerprint density at radius 1 is 1.29 bits per heavy atom. The van der Waals surface area contributed by atoms with Crippen molar-refractivity contribution in [2.75, 3.05) is 19.8 Å². The van der Waals surface area contributed by atoms with Gasteiger partial charge in [-0.25, -0.2) is 0 Å². The molecule has 0 aromatic heterocycles. The molecule has 0 aliphatic heterocycles. The van der Waals surface area contributed by atoms with Gasteiger partial charge in [0.15, 0.2) is 0 Å². The first-order valence-electron chi connectivity index (χ1n) is 5.73. The number of benzene rings is 1. The van der Waals surface area contributed by atoms with E-state index >= 15 is 0 Å². The van der Waals surface area contributed by atoms with Crippen LogP contribution in [0.4, 0.5) is 0 Å². The summed E-state index contributed by atoms with van der Waals surface area (Å²) in [5.74, 6) is -0.155. The molecule has 4 nitrogen and oxygen atoms in total. The average Bonchev–Trinajstić information content (AvgIpc) is 2.28. The molecule has 17 heavy (non-hydrogen) atoms. The van der Waals surface area contributed by atoms with Gasteiger partial charge in [0, 0.05) is 6.61 Å². The second-order valence-corrected chi connectivity index (χ2v) is 3.68. The fraction of sp³-hybridized carbons (Fsp3) is 0.462. The predicted octanol–water partition coefficient (Wildman–Crippen LogP) is 2.12. The van der Waals surface area contributed by atoms with Gasteiger partial charge in [0.05, 0.1) is 13.0 Å². The maximum atomic E-state index is 10.6. The molecule has 1 rings (SSSR count). The van der Waals surface area contributed by atoms with E-state index in [4.69, 9.17) is 14.6 Å². The Labute approximate surface area is 101 Å². The molecule has 4 heteroatoms. The van der Waals surface area contributed by atoms with Gasteiger partial charge in [-0.1, -0.05) is 19.1 Å². The molecule has 1 aromatic rings. The van der Waals surface area contributed by atoms with E-state index in [0.29, 0.717) is 19.0 Å². The molecule has 0 saturated carbocycles. The van der Waals surface area contributed by atoms with Crippen molar-refractivity contribution >= 4 is 5.97 Å². The first-order valence-corrected chi connectivity index (χ1v) is 5.73. The molecule has 0 bridgehead atoms. The van der Waals surface area contributed by atoms with Crippen LogP contribution in [0.2, 0.25) is 0 Å². The predicted molar refractivity (Wildman–Crippen MR) is 64.4 cm³/mol. The zero-order valence-electron chi connectivity index (χ0n) is 10.0. The monoisotopic (exact) mass is 238 g/mol. The SMILES string of the molecule is CCCOCCOc1cccc(CC(=O)O)c1. The van der Waals surface area contributed by atoms with Crippen LogP contribution in [0.15, 0.2) is 24.3 Å². The number of hydrogen-bond donors (Lipinski definition) is 1. The minimum Gasteiger partial charge on any atom is -0.491 e. The molecule has 0 heterocycles. The van der Waals surface area contributed by atoms with Crippen LogP contribution >= 0.6 is 0 Å². The molecule has 0 aliphatic rings. The third kappa shape index (κ3) is 5.92. The number of aliphatic carboxylic acids is 1. The summed E-state index contributed by atoms with van der Waals surface area (Å²) >= 11 is 0. The van der Waals surface area contributed by atoms with Crippen LogP contribution in [-0.2, 0) is 16.0 Å². The highest BCUT2D eigenvalue weighted by molar-refractivity contribution is 5.70. The smallest absolute Gasteiger partial charge is 0.307 e. The molecule has 1 N–H and O–H groups in total. The van der Waals surface area contributed by atoms with E-state index in [0.717, 1.165) is 18.6 Å². The maximum absolute atomic E-state index is 10.6. The largest absolute Gasteiger partial charge is 0.491 e. The minimum absolute atomic E-state index is 0.0174. The number of rotatable bonds is 8. The van der Waals surface area contributed by atoms with Crippen molar-refractivity contribution < 1.29 is 19.4 Å². The van der Waals surface area contributed by atoms with Crippen molar-refractivity contribution in [1.29, 1.82) is 0 Å². The summed E-state index contributed by atoms with van der Waals surface area (Å²) in [6.07, 6.45) is 1.01. The molecule has 0 radical (unpaired) electrons. The number of hydrogen-bond acceptors (Lipinski definition) is 3. The first kappa shape index (κ1) is 13.5. The van der Waals surface area contributed by atoms with Crippen molar-refractivity contribution in [3.63, 3.8) is 0 Å². The van der Waals surface area contributed by atoms with Gasteiger partial charge in [-0.2, -0.15) is 0 Å². The zero-order chi connectivity index (χ0) is 12.5. The lowest BCUT2D eigenvalue weighted by atomic mass is 10.1. The summed E-state index contributed by atoms with van der Waals surface area (Å²) in [5.41, 5.74) is 0.740. The summed E-state index contributed by atoms with van der Waals surface area (Å²) in [4.78, 5) is 10.6. The molecule has 0 unspecified atom stereocenters. The van der Waals surface area contributed by atoms with Crippen LogP contribution in [0.1, 0.15) is 18.9 Å². The Hall–Kier alpha value is -1.55. The Morgan fingerprint density at radius 2 is 2.12 bits per heavy atom. The number of carbonyl (C=O) groups is 1. The van der Waals surface area contributed by atoms with E-state index in [1.807, 2.05) is 6.07 Å². The van der Waals surface area contributed by atoms with Crippen molar-refractivity contribution in [3.05, 3.63) is 29.8 Å². The molecule has 0 aliphatic carbocycles. The highest BCUT2D eigenvalue weighted by atomic mass is 16.5. The van der Waals surface area contributed by atoms with Crippen LogP contribution in [0.25, 0.3) is 0 Å². The standard InChI is InChI=1S/C13H18O4/c1-2-6-16-7-8-17-12-5-3-4-11(9-12)10-13(14)15/h3-5,9H,2,6-8,10H2,1H3,(H,14,15). The van der Waals surface area contributed by atoms with Gasteiger partial charge >= 0.3 is 5.97 Å². The van der Waals surface area contributed by atoms with Crippen LogP contribution < -0.4 is 4.74 Å². The van der Waals surface area contributed by atoms with Crippen LogP contribution in [-0.4, -0.2) is 30.9 Å². The van der Waals surface area contributed by atoms with Gasteiger partial charge < -0.3 is 14.6 Å². The third-order valence-electron chi connectivity index (χ3n) is 2.10. The lowest BCUT2D eigenvalue weighted by molar-refractivity contribution is -0.136. The van der Waals surface area contributed by atoms with Crippen molar-refractivity contribution in [2.45, 2.75) is 19.8 Å². The molecule has 0 atom stereocenters. The zero-order valence-corrected chi connectivity index (χ0v) is 10.0. The second kappa shape index (κ2) is 7.68. The van der Waals surface area contributed by atoms with Gasteiger partial charge in [0.2, 0.25) is 0 Å². The molecular formula is C13H18O4. The minimum atomic E-state index is -0.839. The Morgan fingerprint density at radius 3 is 2.82 bits per heavy atom. The molecule has 0 fully saturated rings. The van der Waals surface area contributed by atoms with Gasteiger partial charge in [-0.3, -0.25) is 4.79 Å². The number of carboxylic acid groups (broad SMARTS) is 1. The fourth-order valence-electron chi connectivity index (χ4n) is 1.38. The quantitative estimate of drug-likeness (QED) is 0.705. The Kier molecular flexibility index (Phi) is 6.10. The average molecular weight is 238 g/mol. The van der Waals surface area contributed by atoms with Crippen LogP contribution in [0.5, 0.6) is 5.75 Å². The Balaban J connectivity index is 2.35. The molecular weight excluding hydrogens is 220 g/mol. The van der Waals surface area contributed by atoms with Crippen molar-refractivity contribution in [3.8, 4) is 5.75 Å². The van der Waals surface area contributed by atoms with Gasteiger partial charge in [-0.15, -0.1) is 0 Å². The second-order valence-electron chi connectivity index (χ2n) is 3.68.